The lowest BCUT2D eigenvalue weighted by Gasteiger charge is -2.34. The first kappa shape index (κ1) is 18.1. The van der Waals surface area contributed by atoms with Crippen LogP contribution in [0.1, 0.15) is 32.1 Å². The molecule has 1 aromatic carbocycles. The standard InChI is InChI=1S/C19H22F3N3O2/c20-14-1-2-15-16(12-14)27-18(23-15)25-7-3-13(4-8-25)11-17(26)24-9-5-19(21,22)6-10-24/h1-2,12-13H,3-11H2. The molecule has 0 atom stereocenters. The van der Waals surface area contributed by atoms with Gasteiger partial charge in [0, 0.05) is 51.5 Å². The molecule has 5 nitrogen and oxygen atoms in total. The molecule has 4 rings (SSSR count). The number of likely N-dealkylation sites (tertiary alicyclic amines) is 1. The number of aromatic nitrogens is 1. The monoisotopic (exact) mass is 381 g/mol. The predicted octanol–water partition coefficient (Wildman–Crippen LogP) is 3.83. The van der Waals surface area contributed by atoms with Gasteiger partial charge < -0.3 is 14.2 Å². The summed E-state index contributed by atoms with van der Waals surface area (Å²) in [7, 11) is 0. The van der Waals surface area contributed by atoms with E-state index in [9.17, 15) is 18.0 Å². The number of benzene rings is 1. The van der Waals surface area contributed by atoms with Crippen molar-refractivity contribution >= 4 is 23.0 Å². The minimum atomic E-state index is -2.63. The zero-order valence-corrected chi connectivity index (χ0v) is 15.0. The van der Waals surface area contributed by atoms with Crippen LogP contribution in [0.4, 0.5) is 19.2 Å². The average Bonchev–Trinajstić information content (AvgIpc) is 3.05. The van der Waals surface area contributed by atoms with E-state index in [1.165, 1.54) is 12.1 Å². The van der Waals surface area contributed by atoms with E-state index in [2.05, 4.69) is 4.98 Å². The van der Waals surface area contributed by atoms with Gasteiger partial charge in [-0.15, -0.1) is 0 Å². The summed E-state index contributed by atoms with van der Waals surface area (Å²) in [5, 5.41) is 0. The number of piperidine rings is 2. The fourth-order valence-corrected chi connectivity index (χ4v) is 3.81. The molecule has 2 aromatic rings. The van der Waals surface area contributed by atoms with Crippen LogP contribution in [0.25, 0.3) is 11.1 Å². The second-order valence-corrected chi connectivity index (χ2v) is 7.48. The molecule has 1 aromatic heterocycles. The van der Waals surface area contributed by atoms with Gasteiger partial charge in [0.2, 0.25) is 5.91 Å². The fourth-order valence-electron chi connectivity index (χ4n) is 3.81. The van der Waals surface area contributed by atoms with Gasteiger partial charge in [-0.05, 0) is 30.9 Å². The van der Waals surface area contributed by atoms with Crippen LogP contribution in [0.15, 0.2) is 22.6 Å². The molecular weight excluding hydrogens is 359 g/mol. The highest BCUT2D eigenvalue weighted by atomic mass is 19.3. The number of carbonyl (C=O) groups is 1. The molecule has 8 heteroatoms. The molecule has 0 radical (unpaired) electrons. The Morgan fingerprint density at radius 2 is 1.89 bits per heavy atom. The van der Waals surface area contributed by atoms with E-state index in [-0.39, 0.29) is 43.6 Å². The van der Waals surface area contributed by atoms with Crippen molar-refractivity contribution in [2.75, 3.05) is 31.1 Å². The van der Waals surface area contributed by atoms with Crippen molar-refractivity contribution in [3.63, 3.8) is 0 Å². The maximum absolute atomic E-state index is 13.3. The summed E-state index contributed by atoms with van der Waals surface area (Å²) in [4.78, 5) is 20.3. The Morgan fingerprint density at radius 3 is 2.59 bits per heavy atom. The highest BCUT2D eigenvalue weighted by Crippen LogP contribution is 2.30. The van der Waals surface area contributed by atoms with E-state index in [4.69, 9.17) is 4.42 Å². The number of alkyl halides is 2. The third-order valence-corrected chi connectivity index (χ3v) is 5.54. The van der Waals surface area contributed by atoms with Gasteiger partial charge in [0.15, 0.2) is 5.58 Å². The van der Waals surface area contributed by atoms with E-state index in [0.29, 0.717) is 36.6 Å². The van der Waals surface area contributed by atoms with Crippen molar-refractivity contribution in [3.8, 4) is 0 Å². The van der Waals surface area contributed by atoms with Crippen LogP contribution in [-0.4, -0.2) is 47.9 Å². The predicted molar refractivity (Wildman–Crippen MR) is 94.3 cm³/mol. The number of nitrogens with zero attached hydrogens (tertiary/aromatic N) is 3. The van der Waals surface area contributed by atoms with Crippen LogP contribution in [0.3, 0.4) is 0 Å². The van der Waals surface area contributed by atoms with Gasteiger partial charge in [0.25, 0.3) is 11.9 Å². The number of halogens is 3. The lowest BCUT2D eigenvalue weighted by molar-refractivity contribution is -0.138. The van der Waals surface area contributed by atoms with E-state index >= 15 is 0 Å². The molecule has 0 spiro atoms. The average molecular weight is 381 g/mol. The van der Waals surface area contributed by atoms with Gasteiger partial charge in [0.05, 0.1) is 0 Å². The van der Waals surface area contributed by atoms with E-state index in [0.717, 1.165) is 12.8 Å². The molecule has 2 fully saturated rings. The van der Waals surface area contributed by atoms with Gasteiger partial charge in [-0.1, -0.05) is 0 Å². The Balaban J connectivity index is 1.30. The molecule has 2 saturated heterocycles. The van der Waals surface area contributed by atoms with Gasteiger partial charge >= 0.3 is 0 Å². The third-order valence-electron chi connectivity index (χ3n) is 5.54. The maximum Gasteiger partial charge on any atom is 0.298 e. The van der Waals surface area contributed by atoms with Crippen LogP contribution < -0.4 is 4.90 Å². The van der Waals surface area contributed by atoms with Crippen LogP contribution in [-0.2, 0) is 4.79 Å². The Morgan fingerprint density at radius 1 is 1.19 bits per heavy atom. The summed E-state index contributed by atoms with van der Waals surface area (Å²) in [6.07, 6.45) is 1.54. The highest BCUT2D eigenvalue weighted by Gasteiger charge is 2.36. The second kappa shape index (κ2) is 7.05. The first-order valence-electron chi connectivity index (χ1n) is 9.36. The minimum Gasteiger partial charge on any atom is -0.423 e. The van der Waals surface area contributed by atoms with Crippen molar-refractivity contribution in [2.24, 2.45) is 5.92 Å². The van der Waals surface area contributed by atoms with Gasteiger partial charge in [-0.2, -0.15) is 4.98 Å². The Hall–Kier alpha value is -2.25. The van der Waals surface area contributed by atoms with Crippen molar-refractivity contribution in [1.29, 1.82) is 0 Å². The molecule has 0 saturated carbocycles. The van der Waals surface area contributed by atoms with Gasteiger partial charge in [0.1, 0.15) is 11.3 Å². The second-order valence-electron chi connectivity index (χ2n) is 7.48. The van der Waals surface area contributed by atoms with Crippen molar-refractivity contribution in [1.82, 2.24) is 9.88 Å². The quantitative estimate of drug-likeness (QED) is 0.811. The minimum absolute atomic E-state index is 0.0266. The van der Waals surface area contributed by atoms with Gasteiger partial charge in [-0.25, -0.2) is 13.2 Å². The zero-order valence-electron chi connectivity index (χ0n) is 15.0. The number of amides is 1. The number of hydrogen-bond acceptors (Lipinski definition) is 4. The van der Waals surface area contributed by atoms with E-state index in [1.807, 2.05) is 4.90 Å². The number of hydrogen-bond donors (Lipinski definition) is 0. The molecule has 0 N–H and O–H groups in total. The first-order valence-corrected chi connectivity index (χ1v) is 9.36. The zero-order chi connectivity index (χ0) is 19.0. The summed E-state index contributed by atoms with van der Waals surface area (Å²) >= 11 is 0. The summed E-state index contributed by atoms with van der Waals surface area (Å²) in [6, 6.07) is 4.73. The molecule has 2 aliphatic heterocycles. The highest BCUT2D eigenvalue weighted by molar-refractivity contribution is 5.76. The molecule has 0 bridgehead atoms. The molecule has 27 heavy (non-hydrogen) atoms. The summed E-state index contributed by atoms with van der Waals surface area (Å²) in [5.41, 5.74) is 1.04. The van der Waals surface area contributed by atoms with Crippen molar-refractivity contribution in [3.05, 3.63) is 24.0 Å². The van der Waals surface area contributed by atoms with Crippen molar-refractivity contribution in [2.45, 2.75) is 38.0 Å². The largest absolute Gasteiger partial charge is 0.423 e. The third kappa shape index (κ3) is 4.04. The molecular formula is C19H22F3N3O2. The summed E-state index contributed by atoms with van der Waals surface area (Å²) in [5.74, 6) is -2.79. The van der Waals surface area contributed by atoms with E-state index < -0.39 is 5.92 Å². The van der Waals surface area contributed by atoms with Gasteiger partial charge in [-0.3, -0.25) is 4.79 Å². The van der Waals surface area contributed by atoms with Crippen molar-refractivity contribution < 1.29 is 22.4 Å². The molecule has 1 amide bonds. The Labute approximate surface area is 155 Å². The molecule has 0 unspecified atom stereocenters. The lowest BCUT2D eigenvalue weighted by atomic mass is 9.92. The Bertz CT molecular complexity index is 821. The fraction of sp³-hybridized carbons (Fsp3) is 0.579. The number of fused-ring (bicyclic) bond motifs is 1. The maximum atomic E-state index is 13.3. The molecule has 0 aliphatic carbocycles. The summed E-state index contributed by atoms with van der Waals surface area (Å²) < 4.78 is 45.4. The van der Waals surface area contributed by atoms with Crippen LogP contribution in [0, 0.1) is 11.7 Å². The lowest BCUT2D eigenvalue weighted by Crippen LogP contribution is -2.44. The first-order chi connectivity index (χ1) is 12.9. The SMILES string of the molecule is O=C(CC1CCN(c2nc3ccc(F)cc3o2)CC1)N1CCC(F)(F)CC1. The van der Waals surface area contributed by atoms with Crippen LogP contribution >= 0.6 is 0 Å². The van der Waals surface area contributed by atoms with Crippen LogP contribution in [0.5, 0.6) is 0 Å². The molecule has 2 aliphatic rings. The number of oxazole rings is 1. The number of anilines is 1. The summed E-state index contributed by atoms with van der Waals surface area (Å²) in [6.45, 7) is 1.69. The smallest absolute Gasteiger partial charge is 0.298 e. The number of carbonyl (C=O) groups excluding carboxylic acids is 1. The van der Waals surface area contributed by atoms with Crippen LogP contribution in [0.2, 0.25) is 0 Å². The van der Waals surface area contributed by atoms with E-state index in [1.54, 1.807) is 11.0 Å². The topological polar surface area (TPSA) is 49.6 Å². The Kier molecular flexibility index (Phi) is 4.74. The number of rotatable bonds is 3. The normalized spacial score (nSPS) is 21.0. The molecule has 146 valence electrons. The molecule has 3 heterocycles.